The van der Waals surface area contributed by atoms with Crippen LogP contribution in [-0.2, 0) is 14.3 Å². The Morgan fingerprint density at radius 2 is 2.57 bits per heavy atom. The molecule has 0 N–H and O–H groups in total. The van der Waals surface area contributed by atoms with Gasteiger partial charge in [0.1, 0.15) is 6.26 Å². The molecular weight excluding hydrogens is 96.0 g/mol. The Kier molecular flexibility index (Phi) is 0.749. The molecule has 0 amide bonds. The third-order valence-corrected chi connectivity index (χ3v) is 0.622. The van der Waals surface area contributed by atoms with Crippen LogP contribution in [0.15, 0.2) is 12.0 Å². The highest BCUT2D eigenvalue weighted by Crippen LogP contribution is 2.13. The van der Waals surface area contributed by atoms with E-state index in [9.17, 15) is 4.79 Å². The molecule has 7 heavy (non-hydrogen) atoms. The van der Waals surface area contributed by atoms with E-state index in [1.807, 2.05) is 0 Å². The van der Waals surface area contributed by atoms with Crippen LogP contribution >= 0.6 is 0 Å². The highest BCUT2D eigenvalue weighted by molar-refractivity contribution is 5.88. The maximum Gasteiger partial charge on any atom is 0.377 e. The lowest BCUT2D eigenvalue weighted by Crippen LogP contribution is -1.95. The predicted molar refractivity (Wildman–Crippen MR) is 21.2 cm³/mol. The summed E-state index contributed by atoms with van der Waals surface area (Å²) in [7, 11) is 1.31. The van der Waals surface area contributed by atoms with Crippen LogP contribution in [-0.4, -0.2) is 13.1 Å². The van der Waals surface area contributed by atoms with E-state index in [0.717, 1.165) is 0 Å². The van der Waals surface area contributed by atoms with Gasteiger partial charge in [0.15, 0.2) is 0 Å². The van der Waals surface area contributed by atoms with Crippen LogP contribution in [0.2, 0.25) is 0 Å². The second-order valence-corrected chi connectivity index (χ2v) is 1.09. The summed E-state index contributed by atoms with van der Waals surface area (Å²) >= 11 is 0. The highest BCUT2D eigenvalue weighted by Gasteiger charge is 2.20. The number of esters is 1. The molecule has 0 aliphatic carbocycles. The molecule has 0 spiro atoms. The molecule has 1 heterocycles. The molecule has 0 radical (unpaired) electrons. The number of rotatable bonds is 1. The lowest BCUT2D eigenvalue weighted by atomic mass is 10.6. The summed E-state index contributed by atoms with van der Waals surface area (Å²) in [5.41, 5.74) is 0. The van der Waals surface area contributed by atoms with Gasteiger partial charge in [-0.2, -0.15) is 0 Å². The summed E-state index contributed by atoms with van der Waals surface area (Å²) in [6.45, 7) is 0. The van der Waals surface area contributed by atoms with Crippen LogP contribution in [0.3, 0.4) is 0 Å². The van der Waals surface area contributed by atoms with Gasteiger partial charge in [-0.05, 0) is 0 Å². The first-order chi connectivity index (χ1) is 3.34. The Bertz CT molecular complexity index is 125. The lowest BCUT2D eigenvalue weighted by Gasteiger charge is -1.84. The third kappa shape index (κ3) is 0.707. The number of hydrogen-bond acceptors (Lipinski definition) is 3. The zero-order valence-corrected chi connectivity index (χ0v) is 3.80. The molecule has 38 valence electrons. The normalized spacial score (nSPS) is 14.1. The second-order valence-electron chi connectivity index (χ2n) is 1.09. The molecule has 0 bridgehead atoms. The molecule has 0 fully saturated rings. The SMILES string of the molecule is COC(=O)C1=CO1. The van der Waals surface area contributed by atoms with E-state index in [1.165, 1.54) is 13.4 Å². The Balaban J connectivity index is 2.39. The van der Waals surface area contributed by atoms with Crippen LogP contribution in [0.25, 0.3) is 0 Å². The minimum absolute atomic E-state index is 0.308. The van der Waals surface area contributed by atoms with Crippen molar-refractivity contribution >= 4 is 5.97 Å². The minimum Gasteiger partial charge on any atom is -0.463 e. The molecule has 1 aliphatic heterocycles. The van der Waals surface area contributed by atoms with E-state index in [1.54, 1.807) is 0 Å². The van der Waals surface area contributed by atoms with Gasteiger partial charge in [-0.25, -0.2) is 4.79 Å². The average Bonchev–Trinajstić information content (AvgIpc) is 2.44. The van der Waals surface area contributed by atoms with Crippen molar-refractivity contribution in [3.05, 3.63) is 12.0 Å². The predicted octanol–water partition coefficient (Wildman–Crippen LogP) is 0.0310. The van der Waals surface area contributed by atoms with Gasteiger partial charge in [0.25, 0.3) is 0 Å². The van der Waals surface area contributed by atoms with Crippen molar-refractivity contribution < 1.29 is 14.3 Å². The summed E-state index contributed by atoms with van der Waals surface area (Å²) in [6.07, 6.45) is 1.34. The van der Waals surface area contributed by atoms with Crippen molar-refractivity contribution in [3.63, 3.8) is 0 Å². The molecule has 1 aliphatic rings. The van der Waals surface area contributed by atoms with Gasteiger partial charge in [-0.15, -0.1) is 0 Å². The van der Waals surface area contributed by atoms with E-state index < -0.39 is 5.97 Å². The van der Waals surface area contributed by atoms with Gasteiger partial charge in [0.05, 0.1) is 7.11 Å². The summed E-state index contributed by atoms with van der Waals surface area (Å²) < 4.78 is 8.62. The maximum atomic E-state index is 10.2. The zero-order chi connectivity index (χ0) is 5.28. The molecular formula is C4H4O3. The lowest BCUT2D eigenvalue weighted by molar-refractivity contribution is -0.137. The first-order valence-electron chi connectivity index (χ1n) is 1.79. The van der Waals surface area contributed by atoms with Crippen molar-refractivity contribution in [1.82, 2.24) is 0 Å². The van der Waals surface area contributed by atoms with E-state index in [0.29, 0.717) is 5.76 Å². The molecule has 0 unspecified atom stereocenters. The van der Waals surface area contributed by atoms with Crippen molar-refractivity contribution in [2.75, 3.05) is 7.11 Å². The fourth-order valence-corrected chi connectivity index (χ4v) is 0.226. The molecule has 3 heteroatoms. The molecule has 0 aromatic rings. The van der Waals surface area contributed by atoms with Gasteiger partial charge >= 0.3 is 5.97 Å². The first kappa shape index (κ1) is 4.18. The fraction of sp³-hybridized carbons (Fsp3) is 0.250. The van der Waals surface area contributed by atoms with Crippen molar-refractivity contribution in [3.8, 4) is 0 Å². The smallest absolute Gasteiger partial charge is 0.377 e. The number of carbonyl (C=O) groups is 1. The Hall–Kier alpha value is -0.990. The molecule has 3 nitrogen and oxygen atoms in total. The van der Waals surface area contributed by atoms with E-state index in [4.69, 9.17) is 0 Å². The summed E-state index contributed by atoms with van der Waals surface area (Å²) in [5, 5.41) is 0. The molecule has 0 aromatic carbocycles. The third-order valence-electron chi connectivity index (χ3n) is 0.622. The van der Waals surface area contributed by atoms with Crippen LogP contribution in [0.4, 0.5) is 0 Å². The number of methoxy groups -OCH3 is 1. The van der Waals surface area contributed by atoms with Crippen LogP contribution < -0.4 is 0 Å². The van der Waals surface area contributed by atoms with Gasteiger partial charge in [-0.1, -0.05) is 0 Å². The Morgan fingerprint density at radius 3 is 2.71 bits per heavy atom. The van der Waals surface area contributed by atoms with Crippen molar-refractivity contribution in [1.29, 1.82) is 0 Å². The quantitative estimate of drug-likeness (QED) is 0.436. The van der Waals surface area contributed by atoms with Gasteiger partial charge < -0.3 is 9.47 Å². The standard InChI is InChI=1S/C4H4O3/c1-6-4(5)3-2-7-3/h2H,1H3. The zero-order valence-electron chi connectivity index (χ0n) is 3.80. The van der Waals surface area contributed by atoms with Crippen LogP contribution in [0.1, 0.15) is 0 Å². The van der Waals surface area contributed by atoms with Gasteiger partial charge in [0.2, 0.25) is 5.76 Å². The van der Waals surface area contributed by atoms with E-state index in [2.05, 4.69) is 9.47 Å². The monoisotopic (exact) mass is 100 g/mol. The summed E-state index contributed by atoms with van der Waals surface area (Å²) in [4.78, 5) is 10.2. The van der Waals surface area contributed by atoms with Gasteiger partial charge in [0, 0.05) is 0 Å². The fourth-order valence-electron chi connectivity index (χ4n) is 0.226. The number of carbonyl (C=O) groups excluding carboxylic acids is 1. The van der Waals surface area contributed by atoms with Crippen molar-refractivity contribution in [2.24, 2.45) is 0 Å². The largest absolute Gasteiger partial charge is 0.463 e. The molecule has 0 atom stereocenters. The molecule has 0 aromatic heterocycles. The summed E-state index contributed by atoms with van der Waals surface area (Å²) in [6, 6.07) is 0. The van der Waals surface area contributed by atoms with Crippen molar-refractivity contribution in [2.45, 2.75) is 0 Å². The minimum atomic E-state index is -0.403. The van der Waals surface area contributed by atoms with E-state index >= 15 is 0 Å². The molecule has 0 saturated heterocycles. The topological polar surface area (TPSA) is 38.8 Å². The Labute approximate surface area is 40.5 Å². The van der Waals surface area contributed by atoms with Gasteiger partial charge in [-0.3, -0.25) is 0 Å². The molecule has 1 rings (SSSR count). The average molecular weight is 100 g/mol. The number of hydrogen-bond donors (Lipinski definition) is 0. The molecule has 0 saturated carbocycles. The number of ether oxygens (including phenoxy) is 2. The second kappa shape index (κ2) is 1.26. The first-order valence-corrected chi connectivity index (χ1v) is 1.79. The Morgan fingerprint density at radius 1 is 2.00 bits per heavy atom. The van der Waals surface area contributed by atoms with Crippen LogP contribution in [0.5, 0.6) is 0 Å². The van der Waals surface area contributed by atoms with Crippen LogP contribution in [0, 0.1) is 0 Å². The summed E-state index contributed by atoms with van der Waals surface area (Å²) in [5.74, 6) is -0.0949. The van der Waals surface area contributed by atoms with E-state index in [-0.39, 0.29) is 0 Å². The maximum absolute atomic E-state index is 10.2. The highest BCUT2D eigenvalue weighted by atomic mass is 16.6.